The highest BCUT2D eigenvalue weighted by Gasteiger charge is 2.30. The number of nitrogens with zero attached hydrogens (tertiary/aromatic N) is 7. The predicted octanol–water partition coefficient (Wildman–Crippen LogP) is 2.90. The highest BCUT2D eigenvalue weighted by molar-refractivity contribution is 6.03. The van der Waals surface area contributed by atoms with Crippen LogP contribution in [0.15, 0.2) is 42.7 Å². The number of carbonyl (C=O) groups excluding carboxylic acids is 1. The molecule has 1 aliphatic heterocycles. The van der Waals surface area contributed by atoms with Gasteiger partial charge >= 0.3 is 0 Å². The van der Waals surface area contributed by atoms with Gasteiger partial charge in [-0.25, -0.2) is 4.98 Å². The average molecular weight is 457 g/mol. The van der Waals surface area contributed by atoms with E-state index in [9.17, 15) is 4.79 Å². The molecule has 10 heteroatoms. The van der Waals surface area contributed by atoms with E-state index >= 15 is 0 Å². The molecule has 5 rings (SSSR count). The minimum absolute atomic E-state index is 0.0757. The molecule has 0 saturated heterocycles. The Kier molecular flexibility index (Phi) is 5.40. The third kappa shape index (κ3) is 3.94. The Balaban J connectivity index is 1.56. The number of aromatic nitrogens is 6. The molecule has 1 aliphatic rings. The highest BCUT2D eigenvalue weighted by atomic mass is 16.5. The Labute approximate surface area is 196 Å². The van der Waals surface area contributed by atoms with Gasteiger partial charge in [-0.3, -0.25) is 14.5 Å². The molecule has 4 aromatic rings. The fraction of sp³-hybridized carbons (Fsp3) is 0.250. The Bertz CT molecular complexity index is 1380. The Morgan fingerprint density at radius 3 is 2.65 bits per heavy atom. The lowest BCUT2D eigenvalue weighted by Gasteiger charge is -2.16. The van der Waals surface area contributed by atoms with Gasteiger partial charge in [0.1, 0.15) is 6.33 Å². The van der Waals surface area contributed by atoms with Gasteiger partial charge in [0.15, 0.2) is 11.6 Å². The lowest BCUT2D eigenvalue weighted by molar-refractivity contribution is 0.0817. The monoisotopic (exact) mass is 456 g/mol. The molecule has 0 saturated carbocycles. The van der Waals surface area contributed by atoms with Crippen molar-refractivity contribution in [1.29, 1.82) is 0 Å². The van der Waals surface area contributed by atoms with Crippen LogP contribution in [0.1, 0.15) is 33.1 Å². The van der Waals surface area contributed by atoms with E-state index in [-0.39, 0.29) is 5.91 Å². The summed E-state index contributed by atoms with van der Waals surface area (Å²) in [6, 6.07) is 11.4. The maximum absolute atomic E-state index is 12.9. The van der Waals surface area contributed by atoms with E-state index in [1.54, 1.807) is 30.1 Å². The largest absolute Gasteiger partial charge is 0.494 e. The minimum Gasteiger partial charge on any atom is -0.494 e. The normalized spacial score (nSPS) is 12.7. The van der Waals surface area contributed by atoms with Gasteiger partial charge in [0.2, 0.25) is 0 Å². The van der Waals surface area contributed by atoms with E-state index in [0.29, 0.717) is 41.5 Å². The van der Waals surface area contributed by atoms with E-state index in [1.807, 2.05) is 50.4 Å². The summed E-state index contributed by atoms with van der Waals surface area (Å²) in [7, 11) is 5.19. The number of anilines is 2. The first kappa shape index (κ1) is 21.5. The number of aryl methyl sites for hydroxylation is 2. The molecule has 0 fully saturated rings. The van der Waals surface area contributed by atoms with Crippen LogP contribution in [0.25, 0.3) is 11.4 Å². The van der Waals surface area contributed by atoms with Gasteiger partial charge in [0.05, 0.1) is 53.2 Å². The summed E-state index contributed by atoms with van der Waals surface area (Å²) in [5.41, 5.74) is 5.86. The number of hydrogen-bond acceptors (Lipinski definition) is 8. The number of hydrogen-bond donors (Lipinski definition) is 1. The molecule has 0 aliphatic carbocycles. The van der Waals surface area contributed by atoms with Crippen molar-refractivity contribution >= 4 is 17.3 Å². The molecule has 0 radical (unpaired) electrons. The molecule has 10 nitrogen and oxygen atoms in total. The zero-order valence-corrected chi connectivity index (χ0v) is 19.4. The quantitative estimate of drug-likeness (QED) is 0.472. The number of carbonyl (C=O) groups is 1. The number of amides is 1. The van der Waals surface area contributed by atoms with E-state index in [2.05, 4.69) is 25.6 Å². The fourth-order valence-electron chi connectivity index (χ4n) is 4.03. The molecular weight excluding hydrogens is 432 g/mol. The molecule has 172 valence electrons. The molecule has 3 aromatic heterocycles. The summed E-state index contributed by atoms with van der Waals surface area (Å²) in [5, 5.41) is 16.2. The topological polar surface area (TPSA) is 111 Å². The zero-order valence-electron chi connectivity index (χ0n) is 19.4. The van der Waals surface area contributed by atoms with E-state index < -0.39 is 0 Å². The first-order chi connectivity index (χ1) is 16.4. The van der Waals surface area contributed by atoms with Crippen molar-refractivity contribution in [2.75, 3.05) is 19.5 Å². The Morgan fingerprint density at radius 2 is 1.94 bits per heavy atom. The number of pyridine rings is 1. The third-order valence-electron chi connectivity index (χ3n) is 5.64. The van der Waals surface area contributed by atoms with Crippen LogP contribution >= 0.6 is 0 Å². The Morgan fingerprint density at radius 1 is 1.09 bits per heavy atom. The number of benzene rings is 1. The highest BCUT2D eigenvalue weighted by Crippen LogP contribution is 2.38. The van der Waals surface area contributed by atoms with Gasteiger partial charge in [-0.05, 0) is 37.3 Å². The SMILES string of the molecule is COc1c(Nc2cc(Cc3ccc(C)nn3)nc3c2C(=O)N(C)C3)cccc1-c1ncn(C)n1. The minimum atomic E-state index is -0.0757. The second kappa shape index (κ2) is 8.54. The van der Waals surface area contributed by atoms with Crippen LogP contribution in [0.5, 0.6) is 5.75 Å². The first-order valence-electron chi connectivity index (χ1n) is 10.8. The van der Waals surface area contributed by atoms with Gasteiger partial charge in [-0.2, -0.15) is 15.3 Å². The van der Waals surface area contributed by atoms with Crippen LogP contribution in [0.4, 0.5) is 11.4 Å². The first-order valence-corrected chi connectivity index (χ1v) is 10.8. The molecule has 4 heterocycles. The molecule has 0 spiro atoms. The lowest BCUT2D eigenvalue weighted by Crippen LogP contribution is -2.18. The second-order valence-electron chi connectivity index (χ2n) is 8.24. The van der Waals surface area contributed by atoms with Crippen LogP contribution in [-0.2, 0) is 20.0 Å². The summed E-state index contributed by atoms with van der Waals surface area (Å²) >= 11 is 0. The van der Waals surface area contributed by atoms with E-state index in [4.69, 9.17) is 9.72 Å². The number of nitrogens with one attached hydrogen (secondary N) is 1. The summed E-state index contributed by atoms with van der Waals surface area (Å²) < 4.78 is 7.37. The van der Waals surface area contributed by atoms with Gasteiger partial charge in [-0.1, -0.05) is 6.07 Å². The molecule has 0 atom stereocenters. The maximum atomic E-state index is 12.9. The standard InChI is InChI=1S/C24H24N8O2/c1-14-8-9-15(29-28-14)10-16-11-19(21-20(26-16)12-31(2)24(21)33)27-18-7-5-6-17(22(18)34-4)23-25-13-32(3)30-23/h5-9,11,13H,10,12H2,1-4H3,(H,26,27). The number of para-hydroxylation sites is 1. The van der Waals surface area contributed by atoms with Gasteiger partial charge < -0.3 is 15.0 Å². The van der Waals surface area contributed by atoms with Crippen molar-refractivity contribution in [3.63, 3.8) is 0 Å². The van der Waals surface area contributed by atoms with Gasteiger partial charge in [0, 0.05) is 26.2 Å². The van der Waals surface area contributed by atoms with Crippen LogP contribution in [0, 0.1) is 6.92 Å². The number of fused-ring (bicyclic) bond motifs is 1. The van der Waals surface area contributed by atoms with Crippen molar-refractivity contribution in [1.82, 2.24) is 34.8 Å². The fourth-order valence-corrected chi connectivity index (χ4v) is 4.03. The molecule has 34 heavy (non-hydrogen) atoms. The van der Waals surface area contributed by atoms with Gasteiger partial charge in [0.25, 0.3) is 5.91 Å². The van der Waals surface area contributed by atoms with Gasteiger partial charge in [-0.15, -0.1) is 0 Å². The second-order valence-corrected chi connectivity index (χ2v) is 8.24. The van der Waals surface area contributed by atoms with Crippen molar-refractivity contribution in [3.8, 4) is 17.1 Å². The zero-order chi connectivity index (χ0) is 23.8. The molecule has 0 bridgehead atoms. The number of rotatable bonds is 6. The molecule has 1 amide bonds. The van der Waals surface area contributed by atoms with Crippen molar-refractivity contribution < 1.29 is 9.53 Å². The number of ether oxygens (including phenoxy) is 1. The van der Waals surface area contributed by atoms with E-state index in [0.717, 1.165) is 28.3 Å². The smallest absolute Gasteiger partial charge is 0.257 e. The summed E-state index contributed by atoms with van der Waals surface area (Å²) in [4.78, 5) is 23.7. The Hall–Kier alpha value is -4.34. The summed E-state index contributed by atoms with van der Waals surface area (Å²) in [6.07, 6.45) is 2.14. The summed E-state index contributed by atoms with van der Waals surface area (Å²) in [5.74, 6) is 1.06. The van der Waals surface area contributed by atoms with Crippen LogP contribution in [0.3, 0.4) is 0 Å². The number of methoxy groups -OCH3 is 1. The lowest BCUT2D eigenvalue weighted by atomic mass is 10.1. The van der Waals surface area contributed by atoms with Crippen LogP contribution < -0.4 is 10.1 Å². The van der Waals surface area contributed by atoms with Crippen molar-refractivity contribution in [3.05, 3.63) is 71.1 Å². The maximum Gasteiger partial charge on any atom is 0.257 e. The molecule has 1 aromatic carbocycles. The third-order valence-corrected chi connectivity index (χ3v) is 5.64. The predicted molar refractivity (Wildman–Crippen MR) is 126 cm³/mol. The molecule has 0 unspecified atom stereocenters. The van der Waals surface area contributed by atoms with Crippen molar-refractivity contribution in [2.24, 2.45) is 7.05 Å². The molecular formula is C24H24N8O2. The van der Waals surface area contributed by atoms with Crippen LogP contribution in [-0.4, -0.2) is 54.9 Å². The summed E-state index contributed by atoms with van der Waals surface area (Å²) in [6.45, 7) is 2.35. The van der Waals surface area contributed by atoms with Crippen LogP contribution in [0.2, 0.25) is 0 Å². The van der Waals surface area contributed by atoms with E-state index in [1.165, 1.54) is 0 Å². The van der Waals surface area contributed by atoms with Crippen molar-refractivity contribution in [2.45, 2.75) is 19.9 Å². The average Bonchev–Trinajstić information content (AvgIpc) is 3.38. The molecule has 1 N–H and O–H groups in total.